The highest BCUT2D eigenvalue weighted by atomic mass is 16.6. The Morgan fingerprint density at radius 3 is 2.76 bits per heavy atom. The van der Waals surface area contributed by atoms with Gasteiger partial charge in [0, 0.05) is 11.6 Å². The van der Waals surface area contributed by atoms with E-state index < -0.39 is 4.92 Å². The topological polar surface area (TPSA) is 147 Å². The Labute approximate surface area is 119 Å². The summed E-state index contributed by atoms with van der Waals surface area (Å²) in [6.07, 6.45) is 1.33. The number of nitrogen functional groups attached to an aromatic ring is 1. The number of nitriles is 2. The molecule has 2 aromatic rings. The Morgan fingerprint density at radius 2 is 2.19 bits per heavy atom. The van der Waals surface area contributed by atoms with Gasteiger partial charge in [0.2, 0.25) is 0 Å². The lowest BCUT2D eigenvalue weighted by molar-refractivity contribution is -0.384. The van der Waals surface area contributed by atoms with Crippen molar-refractivity contribution >= 4 is 11.4 Å². The molecule has 0 aliphatic rings. The fourth-order valence-electron chi connectivity index (χ4n) is 1.92. The van der Waals surface area contributed by atoms with Crippen molar-refractivity contribution in [3.8, 4) is 12.1 Å². The summed E-state index contributed by atoms with van der Waals surface area (Å²) in [4.78, 5) is 14.2. The van der Waals surface area contributed by atoms with E-state index in [0.29, 0.717) is 5.56 Å². The molecule has 0 aliphatic carbocycles. The summed E-state index contributed by atoms with van der Waals surface area (Å²) in [6, 6.07) is 8.16. The number of hydrogen-bond donors (Lipinski definition) is 2. The van der Waals surface area contributed by atoms with Crippen molar-refractivity contribution in [3.63, 3.8) is 0 Å². The average molecular weight is 283 g/mol. The second kappa shape index (κ2) is 5.69. The molecule has 104 valence electrons. The number of benzene rings is 1. The van der Waals surface area contributed by atoms with Crippen LogP contribution in [0, 0.1) is 32.8 Å². The number of nitro benzene ring substituents is 1. The Balaban J connectivity index is 2.48. The van der Waals surface area contributed by atoms with Crippen LogP contribution in [0.2, 0.25) is 0 Å². The molecule has 1 aromatic carbocycles. The third-order valence-electron chi connectivity index (χ3n) is 2.86. The number of hydrazine groups is 1. The maximum Gasteiger partial charge on any atom is 0.293 e. The van der Waals surface area contributed by atoms with Crippen LogP contribution in [0.4, 0.5) is 11.4 Å². The van der Waals surface area contributed by atoms with E-state index in [2.05, 4.69) is 10.4 Å². The first-order chi connectivity index (χ1) is 10.1. The highest BCUT2D eigenvalue weighted by molar-refractivity contribution is 5.65. The Kier molecular flexibility index (Phi) is 3.79. The molecule has 0 unspecified atom stereocenters. The van der Waals surface area contributed by atoms with Crippen molar-refractivity contribution in [1.29, 1.82) is 10.5 Å². The summed E-state index contributed by atoms with van der Waals surface area (Å²) in [5, 5.41) is 28.9. The number of nitrogens with zero attached hydrogens (tertiary/aromatic N) is 5. The van der Waals surface area contributed by atoms with Gasteiger partial charge in [-0.15, -0.1) is 0 Å². The number of nitrogens with two attached hydrogens (primary N) is 1. The van der Waals surface area contributed by atoms with Crippen LogP contribution in [-0.4, -0.2) is 14.5 Å². The summed E-state index contributed by atoms with van der Waals surface area (Å²) in [7, 11) is 0. The Hall–Kier alpha value is -3.43. The number of anilines is 1. The van der Waals surface area contributed by atoms with Crippen LogP contribution in [0.5, 0.6) is 0 Å². The quantitative estimate of drug-likeness (QED) is 0.480. The van der Waals surface area contributed by atoms with Crippen LogP contribution < -0.4 is 11.3 Å². The van der Waals surface area contributed by atoms with E-state index in [1.807, 2.05) is 12.1 Å². The van der Waals surface area contributed by atoms with E-state index in [0.717, 1.165) is 0 Å². The van der Waals surface area contributed by atoms with Gasteiger partial charge in [-0.2, -0.15) is 10.5 Å². The smallest absolute Gasteiger partial charge is 0.293 e. The first-order valence-corrected chi connectivity index (χ1v) is 5.70. The second-order valence-electron chi connectivity index (χ2n) is 4.01. The van der Waals surface area contributed by atoms with Crippen molar-refractivity contribution in [2.75, 3.05) is 5.43 Å². The number of hydrogen-bond acceptors (Lipinski definition) is 7. The summed E-state index contributed by atoms with van der Waals surface area (Å²) in [5.74, 6) is 5.35. The highest BCUT2D eigenvalue weighted by Gasteiger charge is 2.18. The Morgan fingerprint density at radius 1 is 1.43 bits per heavy atom. The molecule has 0 aliphatic heterocycles. The maximum absolute atomic E-state index is 11.0. The van der Waals surface area contributed by atoms with E-state index in [1.54, 1.807) is 6.07 Å². The van der Waals surface area contributed by atoms with Crippen molar-refractivity contribution < 1.29 is 4.92 Å². The number of aromatic nitrogens is 2. The number of nitro groups is 1. The molecule has 0 bridgehead atoms. The summed E-state index contributed by atoms with van der Waals surface area (Å²) >= 11 is 0. The maximum atomic E-state index is 11.0. The molecule has 21 heavy (non-hydrogen) atoms. The zero-order valence-electron chi connectivity index (χ0n) is 10.6. The van der Waals surface area contributed by atoms with Gasteiger partial charge in [0.05, 0.1) is 17.8 Å². The molecule has 9 heteroatoms. The molecule has 1 heterocycles. The van der Waals surface area contributed by atoms with Gasteiger partial charge in [0.25, 0.3) is 5.69 Å². The number of nitrogens with one attached hydrogen (secondary N) is 1. The van der Waals surface area contributed by atoms with Crippen LogP contribution >= 0.6 is 0 Å². The van der Waals surface area contributed by atoms with Crippen molar-refractivity contribution in [3.05, 3.63) is 51.6 Å². The zero-order chi connectivity index (χ0) is 15.4. The molecule has 0 fully saturated rings. The van der Waals surface area contributed by atoms with Crippen LogP contribution in [0.3, 0.4) is 0 Å². The van der Waals surface area contributed by atoms with E-state index in [4.69, 9.17) is 16.4 Å². The summed E-state index contributed by atoms with van der Waals surface area (Å²) < 4.78 is 1.43. The van der Waals surface area contributed by atoms with Gasteiger partial charge in [0.1, 0.15) is 17.8 Å². The number of rotatable bonds is 4. The van der Waals surface area contributed by atoms with Crippen molar-refractivity contribution in [2.24, 2.45) is 5.84 Å². The third-order valence-corrected chi connectivity index (χ3v) is 2.86. The van der Waals surface area contributed by atoms with E-state index >= 15 is 0 Å². The molecular formula is C12H9N7O2. The fourth-order valence-corrected chi connectivity index (χ4v) is 1.92. The predicted octanol–water partition coefficient (Wildman–Crippen LogP) is 0.869. The summed E-state index contributed by atoms with van der Waals surface area (Å²) in [6.45, 7) is 0.124. The predicted molar refractivity (Wildman–Crippen MR) is 71.7 cm³/mol. The van der Waals surface area contributed by atoms with Gasteiger partial charge >= 0.3 is 0 Å². The van der Waals surface area contributed by atoms with E-state index in [1.165, 1.54) is 23.0 Å². The third kappa shape index (κ3) is 2.49. The molecule has 0 amide bonds. The molecule has 0 radical (unpaired) electrons. The van der Waals surface area contributed by atoms with Crippen LogP contribution in [0.25, 0.3) is 0 Å². The standard InChI is InChI=1S/C12H9N7O2/c13-4-9-11(5-14)18(7-16-9)6-8-2-1-3-10(19(20)21)12(8)17-15/h1-3,7,17H,6,15H2. The van der Waals surface area contributed by atoms with Gasteiger partial charge in [-0.3, -0.25) is 16.0 Å². The van der Waals surface area contributed by atoms with Crippen molar-refractivity contribution in [2.45, 2.75) is 6.54 Å². The molecule has 3 N–H and O–H groups in total. The van der Waals surface area contributed by atoms with Gasteiger partial charge in [0.15, 0.2) is 11.4 Å². The summed E-state index contributed by atoms with van der Waals surface area (Å²) in [5.41, 5.74) is 2.88. The SMILES string of the molecule is N#Cc1ncn(Cc2cccc([N+](=O)[O-])c2NN)c1C#N. The van der Waals surface area contributed by atoms with Gasteiger partial charge < -0.3 is 9.99 Å². The minimum Gasteiger partial charge on any atom is -0.318 e. The van der Waals surface area contributed by atoms with Crippen LogP contribution in [0.15, 0.2) is 24.5 Å². The average Bonchev–Trinajstić information content (AvgIpc) is 2.88. The lowest BCUT2D eigenvalue weighted by Crippen LogP contribution is -2.13. The molecule has 0 saturated carbocycles. The number of para-hydroxylation sites is 1. The largest absolute Gasteiger partial charge is 0.318 e. The van der Waals surface area contributed by atoms with Crippen LogP contribution in [0.1, 0.15) is 17.0 Å². The molecule has 0 saturated heterocycles. The fraction of sp³-hybridized carbons (Fsp3) is 0.0833. The number of imidazole rings is 1. The van der Waals surface area contributed by atoms with Gasteiger partial charge in [-0.05, 0) is 0 Å². The zero-order valence-corrected chi connectivity index (χ0v) is 10.6. The molecule has 9 nitrogen and oxygen atoms in total. The normalized spacial score (nSPS) is 9.67. The first kappa shape index (κ1) is 14.0. The minimum absolute atomic E-state index is 0.00480. The minimum atomic E-state index is -0.557. The molecule has 0 atom stereocenters. The van der Waals surface area contributed by atoms with Crippen molar-refractivity contribution in [1.82, 2.24) is 9.55 Å². The van der Waals surface area contributed by atoms with Gasteiger partial charge in [-0.25, -0.2) is 4.98 Å². The van der Waals surface area contributed by atoms with E-state index in [9.17, 15) is 10.1 Å². The van der Waals surface area contributed by atoms with Gasteiger partial charge in [-0.1, -0.05) is 12.1 Å². The van der Waals surface area contributed by atoms with E-state index in [-0.39, 0.29) is 29.3 Å². The Bertz CT molecular complexity index is 782. The molecule has 1 aromatic heterocycles. The lowest BCUT2D eigenvalue weighted by Gasteiger charge is -2.10. The first-order valence-electron chi connectivity index (χ1n) is 5.70. The monoisotopic (exact) mass is 283 g/mol. The molecular weight excluding hydrogens is 274 g/mol. The lowest BCUT2D eigenvalue weighted by atomic mass is 10.1. The van der Waals surface area contributed by atoms with Crippen LogP contribution in [-0.2, 0) is 6.54 Å². The second-order valence-corrected chi connectivity index (χ2v) is 4.01. The highest BCUT2D eigenvalue weighted by Crippen LogP contribution is 2.28. The molecule has 2 rings (SSSR count). The molecule has 0 spiro atoms.